The molecule has 0 spiro atoms. The van der Waals surface area contributed by atoms with E-state index in [-0.39, 0.29) is 0 Å². The van der Waals surface area contributed by atoms with Crippen molar-refractivity contribution in [1.29, 1.82) is 0 Å². The molecule has 3 nitrogen and oxygen atoms in total. The molecule has 1 aliphatic carbocycles. The molecule has 3 fully saturated rings. The Morgan fingerprint density at radius 3 is 2.47 bits per heavy atom. The number of nitrogens with zero attached hydrogens (tertiary/aromatic N) is 2. The lowest BCUT2D eigenvalue weighted by molar-refractivity contribution is 0.135. The monoisotopic (exact) mass is 265 g/mol. The van der Waals surface area contributed by atoms with Gasteiger partial charge >= 0.3 is 0 Å². The van der Waals surface area contributed by atoms with Crippen molar-refractivity contribution >= 4 is 0 Å². The van der Waals surface area contributed by atoms with E-state index < -0.39 is 0 Å². The van der Waals surface area contributed by atoms with Crippen LogP contribution < -0.4 is 5.32 Å². The summed E-state index contributed by atoms with van der Waals surface area (Å²) in [4.78, 5) is 5.45. The van der Waals surface area contributed by atoms with Gasteiger partial charge in [-0.1, -0.05) is 13.8 Å². The van der Waals surface area contributed by atoms with Crippen molar-refractivity contribution in [3.05, 3.63) is 0 Å². The van der Waals surface area contributed by atoms with Gasteiger partial charge in [0.2, 0.25) is 0 Å². The Labute approximate surface area is 118 Å². The van der Waals surface area contributed by atoms with Crippen molar-refractivity contribution in [2.24, 2.45) is 5.92 Å². The van der Waals surface area contributed by atoms with Crippen LogP contribution in [0.4, 0.5) is 0 Å². The summed E-state index contributed by atoms with van der Waals surface area (Å²) in [5.41, 5.74) is 0. The van der Waals surface area contributed by atoms with Gasteiger partial charge in [0.1, 0.15) is 0 Å². The Balaban J connectivity index is 1.61. The minimum absolute atomic E-state index is 0.730. The normalized spacial score (nSPS) is 34.7. The molecule has 1 saturated carbocycles. The average Bonchev–Trinajstić information content (AvgIpc) is 3.10. The Kier molecular flexibility index (Phi) is 4.16. The summed E-state index contributed by atoms with van der Waals surface area (Å²) in [6.45, 7) is 8.59. The summed E-state index contributed by atoms with van der Waals surface area (Å²) < 4.78 is 0. The molecule has 110 valence electrons. The molecule has 3 rings (SSSR count). The van der Waals surface area contributed by atoms with E-state index in [2.05, 4.69) is 36.0 Å². The molecule has 3 atom stereocenters. The summed E-state index contributed by atoms with van der Waals surface area (Å²) in [6, 6.07) is 3.24. The molecule has 0 aromatic heterocycles. The first-order valence-electron chi connectivity index (χ1n) is 8.34. The molecule has 2 bridgehead atoms. The second-order valence-corrected chi connectivity index (χ2v) is 7.33. The molecule has 3 unspecified atom stereocenters. The molecule has 0 amide bonds. The van der Waals surface area contributed by atoms with Crippen LogP contribution in [-0.4, -0.2) is 60.6 Å². The van der Waals surface area contributed by atoms with Crippen LogP contribution in [0.15, 0.2) is 0 Å². The second kappa shape index (κ2) is 5.71. The van der Waals surface area contributed by atoms with E-state index in [9.17, 15) is 0 Å². The van der Waals surface area contributed by atoms with Crippen LogP contribution in [0.1, 0.15) is 46.0 Å². The highest BCUT2D eigenvalue weighted by molar-refractivity contribution is 4.94. The van der Waals surface area contributed by atoms with Gasteiger partial charge in [-0.25, -0.2) is 0 Å². The summed E-state index contributed by atoms with van der Waals surface area (Å²) in [7, 11) is 2.35. The molecule has 0 radical (unpaired) electrons. The van der Waals surface area contributed by atoms with Gasteiger partial charge in [-0.2, -0.15) is 0 Å². The SMILES string of the molecule is CC(C)C(CNC1CC1)N1CCC2CCC(C1)N2C. The lowest BCUT2D eigenvalue weighted by atomic mass is 9.99. The number of nitrogens with one attached hydrogen (secondary N) is 1. The van der Waals surface area contributed by atoms with Crippen LogP contribution in [-0.2, 0) is 0 Å². The molecule has 2 aliphatic heterocycles. The average molecular weight is 265 g/mol. The fourth-order valence-corrected chi connectivity index (χ4v) is 4.00. The standard InChI is InChI=1S/C16H31N3/c1-12(2)16(10-17-13-4-5-13)19-9-8-14-6-7-15(11-19)18(14)3/h12-17H,4-11H2,1-3H3. The molecule has 3 heteroatoms. The van der Waals surface area contributed by atoms with Gasteiger partial charge in [-0.05, 0) is 45.1 Å². The summed E-state index contributed by atoms with van der Waals surface area (Å²) >= 11 is 0. The highest BCUT2D eigenvalue weighted by Crippen LogP contribution is 2.30. The van der Waals surface area contributed by atoms with E-state index in [0.717, 1.165) is 30.1 Å². The van der Waals surface area contributed by atoms with Crippen LogP contribution in [0.2, 0.25) is 0 Å². The maximum Gasteiger partial charge on any atom is 0.0244 e. The van der Waals surface area contributed by atoms with Crippen molar-refractivity contribution in [2.75, 3.05) is 26.7 Å². The fourth-order valence-electron chi connectivity index (χ4n) is 4.00. The van der Waals surface area contributed by atoms with E-state index in [0.29, 0.717) is 0 Å². The molecule has 2 heterocycles. The third kappa shape index (κ3) is 3.14. The van der Waals surface area contributed by atoms with E-state index >= 15 is 0 Å². The van der Waals surface area contributed by atoms with Gasteiger partial charge in [0.05, 0.1) is 0 Å². The zero-order valence-electron chi connectivity index (χ0n) is 12.9. The minimum Gasteiger partial charge on any atom is -0.312 e. The van der Waals surface area contributed by atoms with Gasteiger partial charge in [0.15, 0.2) is 0 Å². The number of fused-ring (bicyclic) bond motifs is 2. The zero-order chi connectivity index (χ0) is 13.4. The van der Waals surface area contributed by atoms with Gasteiger partial charge in [0.25, 0.3) is 0 Å². The maximum absolute atomic E-state index is 3.76. The maximum atomic E-state index is 3.76. The second-order valence-electron chi connectivity index (χ2n) is 7.33. The van der Waals surface area contributed by atoms with E-state index in [1.165, 1.54) is 51.7 Å². The molecule has 19 heavy (non-hydrogen) atoms. The first-order valence-corrected chi connectivity index (χ1v) is 8.34. The zero-order valence-corrected chi connectivity index (χ0v) is 12.9. The van der Waals surface area contributed by atoms with Gasteiger partial charge in [-0.15, -0.1) is 0 Å². The highest BCUT2D eigenvalue weighted by Gasteiger charge is 2.37. The Hall–Kier alpha value is -0.120. The predicted octanol–water partition coefficient (Wildman–Crippen LogP) is 1.93. The third-order valence-electron chi connectivity index (χ3n) is 5.61. The predicted molar refractivity (Wildman–Crippen MR) is 80.4 cm³/mol. The van der Waals surface area contributed by atoms with Crippen molar-refractivity contribution < 1.29 is 0 Å². The largest absolute Gasteiger partial charge is 0.312 e. The summed E-state index contributed by atoms with van der Waals surface area (Å²) in [5, 5.41) is 3.76. The van der Waals surface area contributed by atoms with E-state index in [1.807, 2.05) is 0 Å². The van der Waals surface area contributed by atoms with Gasteiger partial charge in [-0.3, -0.25) is 9.80 Å². The molecule has 0 aromatic rings. The first-order chi connectivity index (χ1) is 9.15. The molecule has 0 aromatic carbocycles. The number of likely N-dealkylation sites (tertiary alicyclic amines) is 1. The van der Waals surface area contributed by atoms with Crippen LogP contribution in [0.5, 0.6) is 0 Å². The first kappa shape index (κ1) is 13.8. The molecule has 2 saturated heterocycles. The van der Waals surface area contributed by atoms with E-state index in [1.54, 1.807) is 0 Å². The number of hydrogen-bond donors (Lipinski definition) is 1. The van der Waals surface area contributed by atoms with Crippen LogP contribution in [0.3, 0.4) is 0 Å². The van der Waals surface area contributed by atoms with Crippen LogP contribution in [0, 0.1) is 5.92 Å². The lowest BCUT2D eigenvalue weighted by Gasteiger charge is -2.36. The van der Waals surface area contributed by atoms with E-state index in [4.69, 9.17) is 0 Å². The number of likely N-dealkylation sites (N-methyl/N-ethyl adjacent to an activating group) is 1. The van der Waals surface area contributed by atoms with Crippen molar-refractivity contribution in [2.45, 2.75) is 70.1 Å². The highest BCUT2D eigenvalue weighted by atomic mass is 15.3. The quantitative estimate of drug-likeness (QED) is 0.819. The summed E-state index contributed by atoms with van der Waals surface area (Å²) in [6.07, 6.45) is 7.02. The lowest BCUT2D eigenvalue weighted by Crippen LogP contribution is -2.49. The van der Waals surface area contributed by atoms with Crippen LogP contribution >= 0.6 is 0 Å². The Bertz CT molecular complexity index is 300. The third-order valence-corrected chi connectivity index (χ3v) is 5.61. The minimum atomic E-state index is 0.730. The molecule has 1 N–H and O–H groups in total. The Morgan fingerprint density at radius 1 is 1.05 bits per heavy atom. The molecule has 3 aliphatic rings. The smallest absolute Gasteiger partial charge is 0.0244 e. The van der Waals surface area contributed by atoms with Crippen LogP contribution in [0.25, 0.3) is 0 Å². The van der Waals surface area contributed by atoms with Crippen molar-refractivity contribution in [3.8, 4) is 0 Å². The molecular formula is C16H31N3. The van der Waals surface area contributed by atoms with Crippen molar-refractivity contribution in [1.82, 2.24) is 15.1 Å². The van der Waals surface area contributed by atoms with Gasteiger partial charge < -0.3 is 5.32 Å². The number of rotatable bonds is 5. The number of hydrogen-bond acceptors (Lipinski definition) is 3. The van der Waals surface area contributed by atoms with Gasteiger partial charge in [0, 0.05) is 43.8 Å². The Morgan fingerprint density at radius 2 is 1.79 bits per heavy atom. The summed E-state index contributed by atoms with van der Waals surface area (Å²) in [5.74, 6) is 0.758. The topological polar surface area (TPSA) is 18.5 Å². The van der Waals surface area contributed by atoms with Crippen molar-refractivity contribution in [3.63, 3.8) is 0 Å². The fraction of sp³-hybridized carbons (Fsp3) is 1.00. The molecular weight excluding hydrogens is 234 g/mol.